The Morgan fingerprint density at radius 2 is 2.11 bits per heavy atom. The average Bonchev–Trinajstić information content (AvgIpc) is 2.40. The van der Waals surface area contributed by atoms with Crippen molar-refractivity contribution in [2.75, 3.05) is 23.8 Å². The predicted octanol–water partition coefficient (Wildman–Crippen LogP) is 1.50. The fourth-order valence-corrected chi connectivity index (χ4v) is 2.70. The maximum atomic E-state index is 9.27. The number of nitrogen functional groups attached to an aromatic ring is 1. The van der Waals surface area contributed by atoms with E-state index in [-0.39, 0.29) is 6.61 Å². The number of aryl methyl sites for hydroxylation is 1. The minimum Gasteiger partial charge on any atom is -0.395 e. The maximum absolute atomic E-state index is 9.27. The molecule has 0 unspecified atom stereocenters. The molecule has 0 spiro atoms. The lowest BCUT2D eigenvalue weighted by Gasteiger charge is -2.35. The van der Waals surface area contributed by atoms with Gasteiger partial charge in [0.1, 0.15) is 5.82 Å². The molecule has 3 N–H and O–H groups in total. The molecule has 0 atom stereocenters. The number of hydrogen-bond acceptors (Lipinski definition) is 5. The van der Waals surface area contributed by atoms with Gasteiger partial charge < -0.3 is 15.7 Å². The summed E-state index contributed by atoms with van der Waals surface area (Å²) in [5, 5.41) is 9.27. The summed E-state index contributed by atoms with van der Waals surface area (Å²) < 4.78 is 0. The summed E-state index contributed by atoms with van der Waals surface area (Å²) in [4.78, 5) is 10.6. The van der Waals surface area contributed by atoms with Crippen LogP contribution in [0.15, 0.2) is 6.20 Å². The van der Waals surface area contributed by atoms with E-state index in [4.69, 9.17) is 5.73 Å². The third kappa shape index (κ3) is 2.90. The van der Waals surface area contributed by atoms with Gasteiger partial charge in [0.2, 0.25) is 5.95 Å². The first kappa shape index (κ1) is 13.1. The molecule has 18 heavy (non-hydrogen) atoms. The Kier molecular flexibility index (Phi) is 4.36. The average molecular weight is 250 g/mol. The van der Waals surface area contributed by atoms with Crippen molar-refractivity contribution in [3.8, 4) is 0 Å². The van der Waals surface area contributed by atoms with E-state index in [1.165, 1.54) is 32.1 Å². The van der Waals surface area contributed by atoms with Crippen LogP contribution in [0, 0.1) is 6.92 Å². The first-order valence-electron chi connectivity index (χ1n) is 6.69. The highest BCUT2D eigenvalue weighted by atomic mass is 16.3. The lowest BCUT2D eigenvalue weighted by atomic mass is 9.94. The monoisotopic (exact) mass is 250 g/mol. The Labute approximate surface area is 108 Å². The molecule has 0 aromatic carbocycles. The van der Waals surface area contributed by atoms with Gasteiger partial charge in [-0.2, -0.15) is 4.98 Å². The zero-order valence-corrected chi connectivity index (χ0v) is 11.0. The maximum Gasteiger partial charge on any atom is 0.221 e. The van der Waals surface area contributed by atoms with E-state index in [1.54, 1.807) is 6.20 Å². The number of hydrogen-bond donors (Lipinski definition) is 2. The molecule has 5 nitrogen and oxygen atoms in total. The van der Waals surface area contributed by atoms with Gasteiger partial charge in [0.05, 0.1) is 6.61 Å². The third-order valence-electron chi connectivity index (χ3n) is 3.59. The largest absolute Gasteiger partial charge is 0.395 e. The Bertz CT molecular complexity index is 391. The fraction of sp³-hybridized carbons (Fsp3) is 0.692. The van der Waals surface area contributed by atoms with Crippen molar-refractivity contribution in [2.24, 2.45) is 0 Å². The number of aliphatic hydroxyl groups excluding tert-OH is 1. The zero-order valence-electron chi connectivity index (χ0n) is 11.0. The Morgan fingerprint density at radius 3 is 2.78 bits per heavy atom. The van der Waals surface area contributed by atoms with Gasteiger partial charge in [-0.05, 0) is 19.8 Å². The van der Waals surface area contributed by atoms with Crippen LogP contribution < -0.4 is 10.6 Å². The van der Waals surface area contributed by atoms with Gasteiger partial charge in [-0.25, -0.2) is 4.98 Å². The normalized spacial score (nSPS) is 16.8. The van der Waals surface area contributed by atoms with Crippen molar-refractivity contribution in [2.45, 2.75) is 45.1 Å². The zero-order chi connectivity index (χ0) is 13.0. The minimum atomic E-state index is 0.139. The standard InChI is InChI=1S/C13H22N4O/c1-10-9-15-13(14)16-12(10)17(7-8-18)11-5-3-2-4-6-11/h9,11,18H,2-8H2,1H3,(H2,14,15,16). The molecule has 1 aromatic rings. The molecule has 1 aromatic heterocycles. The van der Waals surface area contributed by atoms with Gasteiger partial charge in [0.25, 0.3) is 0 Å². The minimum absolute atomic E-state index is 0.139. The Balaban J connectivity index is 2.24. The van der Waals surface area contributed by atoms with Crippen LogP contribution in [0.2, 0.25) is 0 Å². The van der Waals surface area contributed by atoms with Gasteiger partial charge in [0.15, 0.2) is 0 Å². The van der Waals surface area contributed by atoms with Crippen LogP contribution in [0.1, 0.15) is 37.7 Å². The van der Waals surface area contributed by atoms with Gasteiger partial charge in [0, 0.05) is 24.3 Å². The number of aliphatic hydroxyl groups is 1. The second-order valence-corrected chi connectivity index (χ2v) is 4.94. The van der Waals surface area contributed by atoms with E-state index in [0.29, 0.717) is 18.5 Å². The predicted molar refractivity (Wildman–Crippen MR) is 72.5 cm³/mol. The highest BCUT2D eigenvalue weighted by molar-refractivity contribution is 5.49. The molecule has 5 heteroatoms. The highest BCUT2D eigenvalue weighted by Crippen LogP contribution is 2.27. The second kappa shape index (κ2) is 6.00. The Hall–Kier alpha value is -1.36. The van der Waals surface area contributed by atoms with E-state index in [0.717, 1.165) is 11.4 Å². The lowest BCUT2D eigenvalue weighted by Crippen LogP contribution is -2.40. The summed E-state index contributed by atoms with van der Waals surface area (Å²) in [7, 11) is 0. The molecule has 1 fully saturated rings. The molecular weight excluding hydrogens is 228 g/mol. The van der Waals surface area contributed by atoms with Crippen molar-refractivity contribution in [1.82, 2.24) is 9.97 Å². The fourth-order valence-electron chi connectivity index (χ4n) is 2.70. The number of aromatic nitrogens is 2. The summed E-state index contributed by atoms with van der Waals surface area (Å²) in [6, 6.07) is 0.471. The molecule has 0 amide bonds. The lowest BCUT2D eigenvalue weighted by molar-refractivity contribution is 0.289. The molecule has 100 valence electrons. The molecular formula is C13H22N4O. The van der Waals surface area contributed by atoms with Crippen LogP contribution in [-0.4, -0.2) is 34.3 Å². The molecule has 1 aliphatic rings. The van der Waals surface area contributed by atoms with E-state index in [9.17, 15) is 5.11 Å². The summed E-state index contributed by atoms with van der Waals surface area (Å²) >= 11 is 0. The SMILES string of the molecule is Cc1cnc(N)nc1N(CCO)C1CCCCC1. The smallest absolute Gasteiger partial charge is 0.221 e. The van der Waals surface area contributed by atoms with E-state index >= 15 is 0 Å². The van der Waals surface area contributed by atoms with Crippen molar-refractivity contribution in [3.05, 3.63) is 11.8 Å². The topological polar surface area (TPSA) is 75.3 Å². The van der Waals surface area contributed by atoms with E-state index in [1.807, 2.05) is 6.92 Å². The van der Waals surface area contributed by atoms with Crippen LogP contribution in [0.5, 0.6) is 0 Å². The second-order valence-electron chi connectivity index (χ2n) is 4.94. The number of nitrogens with zero attached hydrogens (tertiary/aromatic N) is 3. The van der Waals surface area contributed by atoms with Crippen LogP contribution in [0.3, 0.4) is 0 Å². The van der Waals surface area contributed by atoms with E-state index < -0.39 is 0 Å². The van der Waals surface area contributed by atoms with Gasteiger partial charge in [-0.3, -0.25) is 0 Å². The third-order valence-corrected chi connectivity index (χ3v) is 3.59. The van der Waals surface area contributed by atoms with Crippen molar-refractivity contribution in [3.63, 3.8) is 0 Å². The van der Waals surface area contributed by atoms with Gasteiger partial charge >= 0.3 is 0 Å². The van der Waals surface area contributed by atoms with Crippen molar-refractivity contribution < 1.29 is 5.11 Å². The molecule has 1 saturated carbocycles. The summed E-state index contributed by atoms with van der Waals surface area (Å²) in [6.07, 6.45) is 7.92. The molecule has 0 bridgehead atoms. The molecule has 0 radical (unpaired) electrons. The van der Waals surface area contributed by atoms with E-state index in [2.05, 4.69) is 14.9 Å². The first-order chi connectivity index (χ1) is 8.72. The molecule has 0 saturated heterocycles. The molecule has 2 rings (SSSR count). The molecule has 1 heterocycles. The van der Waals surface area contributed by atoms with Crippen molar-refractivity contribution in [1.29, 1.82) is 0 Å². The quantitative estimate of drug-likeness (QED) is 0.847. The van der Waals surface area contributed by atoms with Crippen molar-refractivity contribution >= 4 is 11.8 Å². The first-order valence-corrected chi connectivity index (χ1v) is 6.69. The summed E-state index contributed by atoms with van der Waals surface area (Å²) in [5.41, 5.74) is 6.70. The molecule has 0 aliphatic heterocycles. The number of rotatable bonds is 4. The van der Waals surface area contributed by atoms with Gasteiger partial charge in [-0.1, -0.05) is 19.3 Å². The summed E-state index contributed by atoms with van der Waals surface area (Å²) in [6.45, 7) is 2.74. The van der Waals surface area contributed by atoms with Gasteiger partial charge in [-0.15, -0.1) is 0 Å². The highest BCUT2D eigenvalue weighted by Gasteiger charge is 2.23. The summed E-state index contributed by atoms with van der Waals surface area (Å²) in [5.74, 6) is 1.18. The number of anilines is 2. The number of nitrogens with two attached hydrogens (primary N) is 1. The van der Waals surface area contributed by atoms with Crippen LogP contribution in [0.25, 0.3) is 0 Å². The van der Waals surface area contributed by atoms with Crippen LogP contribution in [0.4, 0.5) is 11.8 Å². The van der Waals surface area contributed by atoms with Crippen LogP contribution in [-0.2, 0) is 0 Å². The molecule has 1 aliphatic carbocycles. The van der Waals surface area contributed by atoms with Crippen LogP contribution >= 0.6 is 0 Å². The Morgan fingerprint density at radius 1 is 1.39 bits per heavy atom.